The Balaban J connectivity index is 1.84. The third kappa shape index (κ3) is 5.61. The minimum atomic E-state index is -4.22. The van der Waals surface area contributed by atoms with E-state index in [1.165, 1.54) is 12.1 Å². The lowest BCUT2D eigenvalue weighted by atomic mass is 10.2. The molecule has 0 spiro atoms. The maximum atomic E-state index is 13.4. The van der Waals surface area contributed by atoms with E-state index in [2.05, 4.69) is 5.32 Å². The molecule has 0 fully saturated rings. The molecule has 0 aliphatic heterocycles. The van der Waals surface area contributed by atoms with E-state index in [0.717, 1.165) is 46.3 Å². The number of nitrogens with one attached hydrogen (secondary N) is 1. The van der Waals surface area contributed by atoms with Gasteiger partial charge in [0.15, 0.2) is 0 Å². The molecule has 0 heterocycles. The highest BCUT2D eigenvalue weighted by atomic mass is 32.2. The Bertz CT molecular complexity index is 1170. The van der Waals surface area contributed by atoms with E-state index < -0.39 is 34.1 Å². The largest absolute Gasteiger partial charge is 0.494 e. The van der Waals surface area contributed by atoms with Gasteiger partial charge in [0.05, 0.1) is 17.2 Å². The number of anilines is 1. The lowest BCUT2D eigenvalue weighted by molar-refractivity contribution is -0.119. The Morgan fingerprint density at radius 3 is 2.16 bits per heavy atom. The fourth-order valence-corrected chi connectivity index (χ4v) is 4.40. The molecular formula is C23H22F2N2O4S. The number of carbonyl (C=O) groups excluding carboxylic acids is 1. The molecule has 0 atom stereocenters. The number of para-hydroxylation sites is 1. The standard InChI is InChI=1S/C23H22F2N2O4S/c1-2-31-22-6-4-3-5-17(22)15-26-23(28)16-27(20-11-7-18(24)8-12-20)32(29,30)21-13-9-19(25)10-14-21/h3-14H,2,15-16H2,1H3,(H,26,28). The number of hydrogen-bond acceptors (Lipinski definition) is 4. The molecule has 1 N–H and O–H groups in total. The fraction of sp³-hybridized carbons (Fsp3) is 0.174. The highest BCUT2D eigenvalue weighted by Gasteiger charge is 2.27. The van der Waals surface area contributed by atoms with E-state index in [1.54, 1.807) is 18.2 Å². The minimum Gasteiger partial charge on any atom is -0.494 e. The Labute approximate surface area is 185 Å². The van der Waals surface area contributed by atoms with Gasteiger partial charge in [0.1, 0.15) is 23.9 Å². The number of nitrogens with zero attached hydrogens (tertiary/aromatic N) is 1. The SMILES string of the molecule is CCOc1ccccc1CNC(=O)CN(c1ccc(F)cc1)S(=O)(=O)c1ccc(F)cc1. The van der Waals surface area contributed by atoms with Crippen molar-refractivity contribution in [2.75, 3.05) is 17.5 Å². The summed E-state index contributed by atoms with van der Waals surface area (Å²) in [6.07, 6.45) is 0. The number of amides is 1. The van der Waals surface area contributed by atoms with Crippen molar-refractivity contribution < 1.29 is 26.7 Å². The van der Waals surface area contributed by atoms with Crippen LogP contribution in [-0.4, -0.2) is 27.5 Å². The van der Waals surface area contributed by atoms with Gasteiger partial charge in [-0.25, -0.2) is 17.2 Å². The normalized spacial score (nSPS) is 11.1. The second kappa shape index (κ2) is 10.2. The van der Waals surface area contributed by atoms with Crippen LogP contribution in [0, 0.1) is 11.6 Å². The van der Waals surface area contributed by atoms with Crippen LogP contribution in [0.1, 0.15) is 12.5 Å². The quantitative estimate of drug-likeness (QED) is 0.526. The van der Waals surface area contributed by atoms with Crippen molar-refractivity contribution in [3.63, 3.8) is 0 Å². The van der Waals surface area contributed by atoms with Crippen LogP contribution in [0.4, 0.5) is 14.5 Å². The van der Waals surface area contributed by atoms with Crippen LogP contribution in [0.25, 0.3) is 0 Å². The maximum absolute atomic E-state index is 13.4. The number of rotatable bonds is 9. The van der Waals surface area contributed by atoms with Gasteiger partial charge in [-0.2, -0.15) is 0 Å². The molecule has 0 bridgehead atoms. The summed E-state index contributed by atoms with van der Waals surface area (Å²) >= 11 is 0. The van der Waals surface area contributed by atoms with Crippen molar-refractivity contribution in [1.82, 2.24) is 5.32 Å². The first-order valence-electron chi connectivity index (χ1n) is 9.82. The van der Waals surface area contributed by atoms with Gasteiger partial charge in [-0.1, -0.05) is 18.2 Å². The Morgan fingerprint density at radius 1 is 0.938 bits per heavy atom. The number of hydrogen-bond donors (Lipinski definition) is 1. The summed E-state index contributed by atoms with van der Waals surface area (Å²) in [6.45, 7) is 1.88. The summed E-state index contributed by atoms with van der Waals surface area (Å²) in [5, 5.41) is 2.68. The maximum Gasteiger partial charge on any atom is 0.264 e. The number of carbonyl (C=O) groups is 1. The lowest BCUT2D eigenvalue weighted by Crippen LogP contribution is -2.40. The van der Waals surface area contributed by atoms with Crippen molar-refractivity contribution in [1.29, 1.82) is 0 Å². The van der Waals surface area contributed by atoms with E-state index in [9.17, 15) is 22.0 Å². The van der Waals surface area contributed by atoms with Gasteiger partial charge >= 0.3 is 0 Å². The molecule has 3 rings (SSSR count). The summed E-state index contributed by atoms with van der Waals surface area (Å²) in [7, 11) is -4.22. The first-order chi connectivity index (χ1) is 15.3. The summed E-state index contributed by atoms with van der Waals surface area (Å²) in [5.41, 5.74) is 0.831. The molecule has 3 aromatic carbocycles. The van der Waals surface area contributed by atoms with Gasteiger partial charge in [-0.3, -0.25) is 9.10 Å². The van der Waals surface area contributed by atoms with Gasteiger partial charge in [0.25, 0.3) is 10.0 Å². The third-order valence-corrected chi connectivity index (χ3v) is 6.34. The molecule has 6 nitrogen and oxygen atoms in total. The van der Waals surface area contributed by atoms with Crippen molar-refractivity contribution in [2.45, 2.75) is 18.4 Å². The van der Waals surface area contributed by atoms with Crippen LogP contribution in [0.5, 0.6) is 5.75 Å². The third-order valence-electron chi connectivity index (χ3n) is 4.55. The van der Waals surface area contributed by atoms with Crippen LogP contribution in [0.3, 0.4) is 0 Å². The number of halogens is 2. The predicted octanol–water partition coefficient (Wildman–Crippen LogP) is 3.88. The molecule has 0 saturated carbocycles. The van der Waals surface area contributed by atoms with Gasteiger partial charge in [-0.15, -0.1) is 0 Å². The van der Waals surface area contributed by atoms with Gasteiger partial charge < -0.3 is 10.1 Å². The average molecular weight is 461 g/mol. The Hall–Kier alpha value is -3.46. The second-order valence-corrected chi connectivity index (χ2v) is 8.62. The predicted molar refractivity (Wildman–Crippen MR) is 117 cm³/mol. The molecule has 0 aliphatic carbocycles. The molecule has 0 aromatic heterocycles. The summed E-state index contributed by atoms with van der Waals surface area (Å²) in [5.74, 6) is -1.11. The molecule has 0 unspecified atom stereocenters. The summed E-state index contributed by atoms with van der Waals surface area (Å²) < 4.78 is 59.4. The van der Waals surface area contributed by atoms with Crippen LogP contribution >= 0.6 is 0 Å². The molecule has 32 heavy (non-hydrogen) atoms. The second-order valence-electron chi connectivity index (χ2n) is 6.76. The van der Waals surface area contributed by atoms with Crippen LogP contribution < -0.4 is 14.4 Å². The van der Waals surface area contributed by atoms with E-state index in [0.29, 0.717) is 12.4 Å². The summed E-state index contributed by atoms with van der Waals surface area (Å²) in [4.78, 5) is 12.5. The molecule has 0 saturated heterocycles. The summed E-state index contributed by atoms with van der Waals surface area (Å²) in [6, 6.07) is 16.1. The monoisotopic (exact) mass is 460 g/mol. The van der Waals surface area contributed by atoms with E-state index in [1.807, 2.05) is 13.0 Å². The van der Waals surface area contributed by atoms with Crippen molar-refractivity contribution in [2.24, 2.45) is 0 Å². The number of ether oxygens (including phenoxy) is 1. The smallest absolute Gasteiger partial charge is 0.264 e. The topological polar surface area (TPSA) is 75.7 Å². The molecule has 0 aliphatic rings. The van der Waals surface area contributed by atoms with E-state index in [4.69, 9.17) is 4.74 Å². The first kappa shape index (κ1) is 23.2. The van der Waals surface area contributed by atoms with Crippen LogP contribution in [0.15, 0.2) is 77.7 Å². The zero-order chi connectivity index (χ0) is 23.1. The molecule has 0 radical (unpaired) electrons. The van der Waals surface area contributed by atoms with Crippen molar-refractivity contribution in [3.8, 4) is 5.75 Å². The van der Waals surface area contributed by atoms with Gasteiger partial charge in [0.2, 0.25) is 5.91 Å². The Kier molecular flexibility index (Phi) is 7.42. The first-order valence-corrected chi connectivity index (χ1v) is 11.3. The molecule has 3 aromatic rings. The molecule has 1 amide bonds. The van der Waals surface area contributed by atoms with Crippen molar-refractivity contribution in [3.05, 3.63) is 90.0 Å². The number of benzene rings is 3. The van der Waals surface area contributed by atoms with Gasteiger partial charge in [0, 0.05) is 12.1 Å². The lowest BCUT2D eigenvalue weighted by Gasteiger charge is -2.24. The van der Waals surface area contributed by atoms with Crippen LogP contribution in [-0.2, 0) is 21.4 Å². The zero-order valence-electron chi connectivity index (χ0n) is 17.3. The highest BCUT2D eigenvalue weighted by Crippen LogP contribution is 2.24. The molecule has 9 heteroatoms. The Morgan fingerprint density at radius 2 is 1.53 bits per heavy atom. The van der Waals surface area contributed by atoms with Gasteiger partial charge in [-0.05, 0) is 61.5 Å². The van der Waals surface area contributed by atoms with E-state index in [-0.39, 0.29) is 17.1 Å². The fourth-order valence-electron chi connectivity index (χ4n) is 2.98. The average Bonchev–Trinajstić information content (AvgIpc) is 2.78. The van der Waals surface area contributed by atoms with Crippen LogP contribution in [0.2, 0.25) is 0 Å². The minimum absolute atomic E-state index is 0.0978. The number of sulfonamides is 1. The zero-order valence-corrected chi connectivity index (χ0v) is 18.1. The molecular weight excluding hydrogens is 438 g/mol. The highest BCUT2D eigenvalue weighted by molar-refractivity contribution is 7.92. The van der Waals surface area contributed by atoms with Crippen molar-refractivity contribution >= 4 is 21.6 Å². The molecule has 168 valence electrons. The van der Waals surface area contributed by atoms with E-state index >= 15 is 0 Å².